The van der Waals surface area contributed by atoms with Crippen molar-refractivity contribution >= 4 is 17.3 Å². The van der Waals surface area contributed by atoms with E-state index in [0.29, 0.717) is 6.07 Å². The van der Waals surface area contributed by atoms with Crippen LogP contribution in [0.4, 0.5) is 20.2 Å². The minimum absolute atomic E-state index is 0.0252. The molecule has 6 nitrogen and oxygen atoms in total. The molecule has 0 aliphatic rings. The quantitative estimate of drug-likeness (QED) is 0.475. The van der Waals surface area contributed by atoms with Crippen molar-refractivity contribution in [3.8, 4) is 5.75 Å². The van der Waals surface area contributed by atoms with E-state index in [-0.39, 0.29) is 36.6 Å². The molecule has 1 N–H and O–H groups in total. The van der Waals surface area contributed by atoms with Crippen LogP contribution in [0.1, 0.15) is 12.8 Å². The Labute approximate surface area is 136 Å². The van der Waals surface area contributed by atoms with E-state index in [1.165, 1.54) is 18.2 Å². The van der Waals surface area contributed by atoms with Crippen molar-refractivity contribution in [2.45, 2.75) is 12.8 Å². The molecule has 0 aliphatic heterocycles. The normalized spacial score (nSPS) is 10.2. The van der Waals surface area contributed by atoms with Crippen LogP contribution in [0.15, 0.2) is 42.5 Å². The lowest BCUT2D eigenvalue weighted by molar-refractivity contribution is -0.385. The fraction of sp³-hybridized carbons (Fsp3) is 0.188. The van der Waals surface area contributed by atoms with Gasteiger partial charge < -0.3 is 10.1 Å². The van der Waals surface area contributed by atoms with Crippen LogP contribution in [0, 0.1) is 21.7 Å². The SMILES string of the molecule is O=C(CCCOc1ccccc1[N+](=O)[O-])Nc1ccc(F)cc1F. The van der Waals surface area contributed by atoms with E-state index in [2.05, 4.69) is 5.32 Å². The highest BCUT2D eigenvalue weighted by atomic mass is 19.1. The van der Waals surface area contributed by atoms with Gasteiger partial charge in [0.25, 0.3) is 0 Å². The zero-order valence-corrected chi connectivity index (χ0v) is 12.5. The Kier molecular flexibility index (Phi) is 5.78. The Morgan fingerprint density at radius 2 is 1.96 bits per heavy atom. The van der Waals surface area contributed by atoms with Crippen molar-refractivity contribution in [2.24, 2.45) is 0 Å². The van der Waals surface area contributed by atoms with Gasteiger partial charge in [-0.25, -0.2) is 8.78 Å². The fourth-order valence-electron chi connectivity index (χ4n) is 1.95. The van der Waals surface area contributed by atoms with Gasteiger partial charge in [-0.2, -0.15) is 0 Å². The van der Waals surface area contributed by atoms with Crippen molar-refractivity contribution in [3.05, 3.63) is 64.2 Å². The summed E-state index contributed by atoms with van der Waals surface area (Å²) in [6, 6.07) is 8.75. The number of carbonyl (C=O) groups is 1. The molecule has 0 aliphatic carbocycles. The highest BCUT2D eigenvalue weighted by molar-refractivity contribution is 5.90. The number of carbonyl (C=O) groups excluding carboxylic acids is 1. The Morgan fingerprint density at radius 1 is 1.21 bits per heavy atom. The van der Waals surface area contributed by atoms with Gasteiger partial charge >= 0.3 is 5.69 Å². The number of rotatable bonds is 7. The summed E-state index contributed by atoms with van der Waals surface area (Å²) >= 11 is 0. The van der Waals surface area contributed by atoms with Crippen molar-refractivity contribution < 1.29 is 23.2 Å². The molecule has 0 saturated carbocycles. The molecular weight excluding hydrogens is 322 g/mol. The summed E-state index contributed by atoms with van der Waals surface area (Å²) in [5, 5.41) is 13.1. The van der Waals surface area contributed by atoms with Gasteiger partial charge in [0.1, 0.15) is 11.6 Å². The van der Waals surface area contributed by atoms with Crippen LogP contribution in [0.3, 0.4) is 0 Å². The summed E-state index contributed by atoms with van der Waals surface area (Å²) in [4.78, 5) is 22.0. The molecule has 0 heterocycles. The van der Waals surface area contributed by atoms with E-state index in [1.807, 2.05) is 0 Å². The highest BCUT2D eigenvalue weighted by Crippen LogP contribution is 2.25. The second-order valence-electron chi connectivity index (χ2n) is 4.85. The largest absolute Gasteiger partial charge is 0.487 e. The van der Waals surface area contributed by atoms with Crippen LogP contribution >= 0.6 is 0 Å². The molecule has 0 fully saturated rings. The van der Waals surface area contributed by atoms with Crippen LogP contribution in [0.25, 0.3) is 0 Å². The van der Waals surface area contributed by atoms with Crippen LogP contribution < -0.4 is 10.1 Å². The lowest BCUT2D eigenvalue weighted by Crippen LogP contribution is -2.14. The van der Waals surface area contributed by atoms with Gasteiger partial charge in [-0.1, -0.05) is 12.1 Å². The molecule has 2 rings (SSSR count). The molecule has 126 valence electrons. The predicted octanol–water partition coefficient (Wildman–Crippen LogP) is 3.67. The number of anilines is 1. The van der Waals surface area contributed by atoms with Crippen molar-refractivity contribution in [3.63, 3.8) is 0 Å². The number of nitro benzene ring substituents is 1. The van der Waals surface area contributed by atoms with E-state index < -0.39 is 22.5 Å². The number of nitrogens with zero attached hydrogens (tertiary/aromatic N) is 1. The molecule has 0 atom stereocenters. The molecule has 2 aromatic carbocycles. The van der Waals surface area contributed by atoms with E-state index in [4.69, 9.17) is 4.74 Å². The van der Waals surface area contributed by atoms with Crippen LogP contribution in [-0.2, 0) is 4.79 Å². The Hall–Kier alpha value is -3.03. The van der Waals surface area contributed by atoms with Crippen LogP contribution in [-0.4, -0.2) is 17.4 Å². The molecule has 1 amide bonds. The zero-order chi connectivity index (χ0) is 17.5. The highest BCUT2D eigenvalue weighted by Gasteiger charge is 2.13. The third kappa shape index (κ3) is 4.73. The molecule has 0 saturated heterocycles. The summed E-state index contributed by atoms with van der Waals surface area (Å²) in [5.74, 6) is -1.94. The average Bonchev–Trinajstić information content (AvgIpc) is 2.54. The topological polar surface area (TPSA) is 81.5 Å². The number of hydrogen-bond donors (Lipinski definition) is 1. The van der Waals surface area contributed by atoms with Crippen LogP contribution in [0.5, 0.6) is 5.75 Å². The summed E-state index contributed by atoms with van der Waals surface area (Å²) in [6.45, 7) is 0.0875. The predicted molar refractivity (Wildman–Crippen MR) is 82.8 cm³/mol. The van der Waals surface area contributed by atoms with E-state index in [1.54, 1.807) is 6.07 Å². The summed E-state index contributed by atoms with van der Waals surface area (Å²) in [6.07, 6.45) is 0.304. The molecular formula is C16H14F2N2O4. The number of benzene rings is 2. The second-order valence-corrected chi connectivity index (χ2v) is 4.85. The molecule has 24 heavy (non-hydrogen) atoms. The summed E-state index contributed by atoms with van der Waals surface area (Å²) in [5.41, 5.74) is -0.267. The van der Waals surface area contributed by atoms with E-state index in [9.17, 15) is 23.7 Å². The first-order chi connectivity index (χ1) is 11.5. The molecule has 0 spiro atoms. The lowest BCUT2D eigenvalue weighted by Gasteiger charge is -2.08. The Balaban J connectivity index is 1.80. The third-order valence-corrected chi connectivity index (χ3v) is 3.07. The standard InChI is InChI=1S/C16H14F2N2O4/c17-11-7-8-13(12(18)10-11)19-16(21)6-3-9-24-15-5-2-1-4-14(15)20(22)23/h1-2,4-5,7-8,10H,3,6,9H2,(H,19,21). The van der Waals surface area contributed by atoms with Gasteiger partial charge in [-0.15, -0.1) is 0 Å². The first kappa shape index (κ1) is 17.3. The minimum Gasteiger partial charge on any atom is -0.487 e. The number of para-hydroxylation sites is 2. The number of halogens is 2. The molecule has 8 heteroatoms. The van der Waals surface area contributed by atoms with Gasteiger partial charge in [-0.3, -0.25) is 14.9 Å². The molecule has 2 aromatic rings. The monoisotopic (exact) mass is 336 g/mol. The van der Waals surface area contributed by atoms with Gasteiger partial charge in [0, 0.05) is 18.6 Å². The zero-order valence-electron chi connectivity index (χ0n) is 12.5. The van der Waals surface area contributed by atoms with Gasteiger partial charge in [-0.05, 0) is 24.6 Å². The van der Waals surface area contributed by atoms with E-state index in [0.717, 1.165) is 12.1 Å². The lowest BCUT2D eigenvalue weighted by atomic mass is 10.2. The average molecular weight is 336 g/mol. The van der Waals surface area contributed by atoms with Gasteiger partial charge in [0.2, 0.25) is 5.91 Å². The number of nitro groups is 1. The first-order valence-corrected chi connectivity index (χ1v) is 7.08. The van der Waals surface area contributed by atoms with Gasteiger partial charge in [0.05, 0.1) is 17.2 Å². The van der Waals surface area contributed by atoms with Crippen molar-refractivity contribution in [1.29, 1.82) is 0 Å². The smallest absolute Gasteiger partial charge is 0.310 e. The summed E-state index contributed by atoms with van der Waals surface area (Å²) in [7, 11) is 0. The third-order valence-electron chi connectivity index (χ3n) is 3.07. The maximum Gasteiger partial charge on any atom is 0.310 e. The Morgan fingerprint density at radius 3 is 2.67 bits per heavy atom. The number of amides is 1. The van der Waals surface area contributed by atoms with E-state index >= 15 is 0 Å². The Bertz CT molecular complexity index is 753. The maximum absolute atomic E-state index is 13.4. The van der Waals surface area contributed by atoms with Gasteiger partial charge in [0.15, 0.2) is 5.75 Å². The minimum atomic E-state index is -0.862. The number of hydrogen-bond acceptors (Lipinski definition) is 4. The van der Waals surface area contributed by atoms with Crippen molar-refractivity contribution in [1.82, 2.24) is 0 Å². The molecule has 0 bridgehead atoms. The second kappa shape index (κ2) is 8.00. The fourth-order valence-corrected chi connectivity index (χ4v) is 1.95. The molecule has 0 radical (unpaired) electrons. The maximum atomic E-state index is 13.4. The number of nitrogens with one attached hydrogen (secondary N) is 1. The number of ether oxygens (including phenoxy) is 1. The van der Waals surface area contributed by atoms with Crippen LogP contribution in [0.2, 0.25) is 0 Å². The molecule has 0 unspecified atom stereocenters. The molecule has 0 aromatic heterocycles. The summed E-state index contributed by atoms with van der Waals surface area (Å²) < 4.78 is 31.5. The van der Waals surface area contributed by atoms with Crippen molar-refractivity contribution in [2.75, 3.05) is 11.9 Å². The first-order valence-electron chi connectivity index (χ1n) is 7.08.